The highest BCUT2D eigenvalue weighted by molar-refractivity contribution is 6.24. The van der Waals surface area contributed by atoms with E-state index in [0.717, 1.165) is 0 Å². The monoisotopic (exact) mass is 458 g/mol. The molecule has 6 atom stereocenters. The number of Topliss-reactive ketones (excluding diaryl/α,β-unsaturated/α-hetero) is 2. The van der Waals surface area contributed by atoms with Crippen LogP contribution in [0.3, 0.4) is 0 Å². The predicted octanol–water partition coefficient (Wildman–Crippen LogP) is -0.114. The fourth-order valence-corrected chi connectivity index (χ4v) is 5.87. The minimum Gasteiger partial charge on any atom is -0.508 e. The summed E-state index contributed by atoms with van der Waals surface area (Å²) in [7, 11) is 2.94. The Balaban J connectivity index is 2.08. The molecule has 0 aliphatic heterocycles. The van der Waals surface area contributed by atoms with Crippen molar-refractivity contribution in [2.24, 2.45) is 17.6 Å². The Labute approximate surface area is 189 Å². The third-order valence-electron chi connectivity index (χ3n) is 7.24. The number of nitrogens with zero attached hydrogens (tertiary/aromatic N) is 1. The van der Waals surface area contributed by atoms with Crippen LogP contribution in [0.25, 0.3) is 5.76 Å². The zero-order chi connectivity index (χ0) is 24.6. The van der Waals surface area contributed by atoms with Crippen LogP contribution >= 0.6 is 0 Å². The number of benzene rings is 1. The van der Waals surface area contributed by atoms with Gasteiger partial charge in [-0.05, 0) is 38.1 Å². The molecular weight excluding hydrogens is 432 g/mol. The van der Waals surface area contributed by atoms with Gasteiger partial charge in [-0.15, -0.1) is 0 Å². The lowest BCUT2D eigenvalue weighted by atomic mass is 9.53. The van der Waals surface area contributed by atoms with Crippen LogP contribution in [-0.4, -0.2) is 79.7 Å². The van der Waals surface area contributed by atoms with Crippen molar-refractivity contribution in [3.05, 3.63) is 46.2 Å². The number of primary amides is 1. The highest BCUT2D eigenvalue weighted by Gasteiger charge is 2.68. The number of likely N-dealkylation sites (N-methyl/N-ethyl adjacent to an activating group) is 1. The largest absolute Gasteiger partial charge is 0.508 e. The van der Waals surface area contributed by atoms with E-state index in [9.17, 15) is 39.9 Å². The number of phenolic OH excluding ortho intramolecular Hbond substituents is 1. The molecule has 0 aromatic heterocycles. The number of carbonyl (C=O) groups excluding carboxylic acids is 3. The van der Waals surface area contributed by atoms with Crippen molar-refractivity contribution in [1.29, 1.82) is 0 Å². The molecule has 1 amide bonds. The van der Waals surface area contributed by atoms with Crippen molar-refractivity contribution in [2.45, 2.75) is 37.0 Å². The molecule has 3 aliphatic carbocycles. The number of ketones is 2. The van der Waals surface area contributed by atoms with Gasteiger partial charge in [0.15, 0.2) is 11.4 Å². The fraction of sp³-hybridized carbons (Fsp3) is 0.435. The number of carbonyl (C=O) groups is 3. The summed E-state index contributed by atoms with van der Waals surface area (Å²) in [6.07, 6.45) is -1.19. The lowest BCUT2D eigenvalue weighted by molar-refractivity contribution is -0.169. The van der Waals surface area contributed by atoms with Crippen LogP contribution in [0.2, 0.25) is 0 Å². The van der Waals surface area contributed by atoms with Gasteiger partial charge in [0.2, 0.25) is 5.78 Å². The average molecular weight is 458 g/mol. The van der Waals surface area contributed by atoms with Crippen molar-refractivity contribution in [1.82, 2.24) is 4.90 Å². The number of nitrogens with two attached hydrogens (primary N) is 1. The number of fused-ring (bicyclic) bond motifs is 3. The summed E-state index contributed by atoms with van der Waals surface area (Å²) in [4.78, 5) is 40.2. The van der Waals surface area contributed by atoms with E-state index in [0.29, 0.717) is 12.0 Å². The van der Waals surface area contributed by atoms with Gasteiger partial charge >= 0.3 is 0 Å². The maximum atomic E-state index is 13.8. The van der Waals surface area contributed by atoms with Crippen LogP contribution in [0, 0.1) is 11.8 Å². The van der Waals surface area contributed by atoms with E-state index in [1.807, 2.05) is 0 Å². The van der Waals surface area contributed by atoms with Gasteiger partial charge in [0.1, 0.15) is 22.8 Å². The molecule has 1 saturated carbocycles. The van der Waals surface area contributed by atoms with Crippen LogP contribution in [0.15, 0.2) is 35.1 Å². The molecule has 3 aliphatic rings. The number of rotatable bonds is 3. The van der Waals surface area contributed by atoms with Crippen molar-refractivity contribution in [3.8, 4) is 5.75 Å². The van der Waals surface area contributed by atoms with E-state index in [-0.39, 0.29) is 16.9 Å². The Bertz CT molecular complexity index is 1150. The van der Waals surface area contributed by atoms with Crippen molar-refractivity contribution in [2.75, 3.05) is 14.1 Å². The van der Waals surface area contributed by atoms with Gasteiger partial charge in [0, 0.05) is 11.5 Å². The molecule has 4 rings (SSSR count). The van der Waals surface area contributed by atoms with Gasteiger partial charge < -0.3 is 31.3 Å². The first kappa shape index (κ1) is 23.0. The van der Waals surface area contributed by atoms with Crippen LogP contribution in [0.4, 0.5) is 0 Å². The van der Waals surface area contributed by atoms with E-state index < -0.39 is 70.1 Å². The van der Waals surface area contributed by atoms with E-state index in [2.05, 4.69) is 0 Å². The number of hydrogen-bond acceptors (Lipinski definition) is 9. The summed E-state index contributed by atoms with van der Waals surface area (Å²) in [5.41, 5.74) is 1.56. The molecule has 0 heterocycles. The van der Waals surface area contributed by atoms with Gasteiger partial charge in [0.25, 0.3) is 5.91 Å². The van der Waals surface area contributed by atoms with Crippen LogP contribution in [0.5, 0.6) is 5.75 Å². The summed E-state index contributed by atoms with van der Waals surface area (Å²) in [5, 5.41) is 55.3. The van der Waals surface area contributed by atoms with Crippen LogP contribution in [-0.2, 0) is 14.4 Å². The molecule has 0 unspecified atom stereocenters. The minimum absolute atomic E-state index is 0.00663. The fourth-order valence-electron chi connectivity index (χ4n) is 5.87. The average Bonchev–Trinajstić information content (AvgIpc) is 2.73. The molecule has 1 aromatic carbocycles. The highest BCUT2D eigenvalue weighted by Crippen LogP contribution is 2.56. The number of aromatic hydroxyl groups is 1. The lowest BCUT2D eigenvalue weighted by Gasteiger charge is -2.54. The third kappa shape index (κ3) is 2.74. The summed E-state index contributed by atoms with van der Waals surface area (Å²) >= 11 is 0. The maximum absolute atomic E-state index is 13.8. The molecule has 10 heteroatoms. The normalized spacial score (nSPS) is 33.7. The SMILES string of the molecule is CC[C@@H]1c2cccc(O)c2C(O)=C2C(=O)[C@@]3(O)C(O)=C(C(N)=O)C(=O)[C@@H](N(C)C)[C@@H]3[C@@H](O)[C@@H]21. The van der Waals surface area contributed by atoms with Crippen molar-refractivity contribution < 1.29 is 39.9 Å². The Morgan fingerprint density at radius 2 is 1.82 bits per heavy atom. The second kappa shape index (κ2) is 7.41. The van der Waals surface area contributed by atoms with E-state index in [4.69, 9.17) is 5.73 Å². The second-order valence-electron chi connectivity index (χ2n) is 9.02. The second-order valence-corrected chi connectivity index (χ2v) is 9.02. The first-order valence-corrected chi connectivity index (χ1v) is 10.6. The summed E-state index contributed by atoms with van der Waals surface area (Å²) in [5.74, 6) is -8.76. The number of hydrogen-bond donors (Lipinski definition) is 6. The third-order valence-corrected chi connectivity index (χ3v) is 7.24. The molecular formula is C23H26N2O8. The zero-order valence-electron chi connectivity index (χ0n) is 18.3. The quantitative estimate of drug-likeness (QED) is 0.337. The van der Waals surface area contributed by atoms with Gasteiger partial charge in [0.05, 0.1) is 23.6 Å². The molecule has 0 spiro atoms. The number of amides is 1. The highest BCUT2D eigenvalue weighted by atomic mass is 16.4. The Morgan fingerprint density at radius 3 is 2.36 bits per heavy atom. The molecule has 176 valence electrons. The molecule has 1 aromatic rings. The summed E-state index contributed by atoms with van der Waals surface area (Å²) in [6.45, 7) is 1.80. The van der Waals surface area contributed by atoms with Crippen molar-refractivity contribution in [3.63, 3.8) is 0 Å². The lowest BCUT2D eigenvalue weighted by Crippen LogP contribution is -2.70. The smallest absolute Gasteiger partial charge is 0.255 e. The molecule has 0 bridgehead atoms. The molecule has 10 nitrogen and oxygen atoms in total. The minimum atomic E-state index is -2.90. The van der Waals surface area contributed by atoms with E-state index in [1.165, 1.54) is 25.1 Å². The first-order chi connectivity index (χ1) is 15.4. The summed E-state index contributed by atoms with van der Waals surface area (Å²) in [6, 6.07) is 3.20. The van der Waals surface area contributed by atoms with Gasteiger partial charge in [-0.2, -0.15) is 0 Å². The molecule has 1 fully saturated rings. The standard InChI is InChI=1S/C23H26N2O8/c1-4-8-9-6-5-7-10(26)11(9)17(27)13-12(8)18(28)15-16(25(2)3)19(29)14(22(24)32)21(31)23(15,33)20(13)30/h5-8,12,15-16,18,26-28,31,33H,4H2,1-3H3,(H2,24,32)/t8-,12-,15-,16+,18+,23-/m1/s1. The number of aliphatic hydroxyl groups is 4. The number of aliphatic hydroxyl groups excluding tert-OH is 3. The maximum Gasteiger partial charge on any atom is 0.255 e. The first-order valence-electron chi connectivity index (χ1n) is 10.6. The van der Waals surface area contributed by atoms with Gasteiger partial charge in [-0.3, -0.25) is 19.3 Å². The Hall–Kier alpha value is -3.21. The van der Waals surface area contributed by atoms with Gasteiger partial charge in [-0.1, -0.05) is 19.1 Å². The number of phenols is 1. The topological polar surface area (TPSA) is 182 Å². The Kier molecular flexibility index (Phi) is 5.15. The molecule has 0 radical (unpaired) electrons. The van der Waals surface area contributed by atoms with E-state index in [1.54, 1.807) is 19.1 Å². The zero-order valence-corrected chi connectivity index (χ0v) is 18.3. The predicted molar refractivity (Wildman–Crippen MR) is 115 cm³/mol. The van der Waals surface area contributed by atoms with Crippen molar-refractivity contribution >= 4 is 23.2 Å². The van der Waals surface area contributed by atoms with Gasteiger partial charge in [-0.25, -0.2) is 0 Å². The molecule has 0 saturated heterocycles. The van der Waals surface area contributed by atoms with E-state index >= 15 is 0 Å². The Morgan fingerprint density at radius 1 is 1.18 bits per heavy atom. The van der Waals surface area contributed by atoms with Crippen LogP contribution < -0.4 is 5.73 Å². The molecule has 33 heavy (non-hydrogen) atoms. The summed E-state index contributed by atoms with van der Waals surface area (Å²) < 4.78 is 0. The van der Waals surface area contributed by atoms with Crippen LogP contribution in [0.1, 0.15) is 30.4 Å². The molecule has 7 N–H and O–H groups in total.